The number of rotatable bonds is 2. The molecule has 7 nitrogen and oxygen atoms in total. The van der Waals surface area contributed by atoms with Crippen molar-refractivity contribution < 1.29 is 4.79 Å². The summed E-state index contributed by atoms with van der Waals surface area (Å²) in [6, 6.07) is 0. The third-order valence-electron chi connectivity index (χ3n) is 5.83. The number of H-pyrrole nitrogens is 2. The second-order valence-electron chi connectivity index (χ2n) is 7.65. The highest BCUT2D eigenvalue weighted by Gasteiger charge is 2.33. The van der Waals surface area contributed by atoms with Crippen molar-refractivity contribution in [3.05, 3.63) is 33.9 Å². The molecule has 2 aromatic heterocycles. The smallest absolute Gasteiger partial charge is 0.274 e. The zero-order valence-electron chi connectivity index (χ0n) is 14.6. The number of aromatic amines is 2. The number of fused-ring (bicyclic) bond motifs is 2. The van der Waals surface area contributed by atoms with Crippen molar-refractivity contribution in [1.82, 2.24) is 30.2 Å². The number of nitrogens with one attached hydrogen (secondary N) is 2. The summed E-state index contributed by atoms with van der Waals surface area (Å²) >= 11 is 0. The van der Waals surface area contributed by atoms with Gasteiger partial charge in [-0.25, -0.2) is 0 Å². The Kier molecular flexibility index (Phi) is 3.45. The number of nitrogens with zero attached hydrogens (tertiary/aromatic N) is 4. The summed E-state index contributed by atoms with van der Waals surface area (Å²) in [6.45, 7) is 3.30. The van der Waals surface area contributed by atoms with Gasteiger partial charge in [-0.1, -0.05) is 0 Å². The molecule has 1 fully saturated rings. The first-order chi connectivity index (χ1) is 12.2. The molecule has 5 rings (SSSR count). The van der Waals surface area contributed by atoms with Crippen LogP contribution in [0.2, 0.25) is 0 Å². The monoisotopic (exact) mass is 340 g/mol. The van der Waals surface area contributed by atoms with Gasteiger partial charge < -0.3 is 9.80 Å². The van der Waals surface area contributed by atoms with Crippen LogP contribution < -0.4 is 0 Å². The Morgan fingerprint density at radius 1 is 1.00 bits per heavy atom. The predicted molar refractivity (Wildman–Crippen MR) is 92.5 cm³/mol. The molecule has 4 heterocycles. The fourth-order valence-corrected chi connectivity index (χ4v) is 4.16. The van der Waals surface area contributed by atoms with E-state index in [1.165, 1.54) is 29.8 Å². The average Bonchev–Trinajstić information content (AvgIpc) is 3.31. The summed E-state index contributed by atoms with van der Waals surface area (Å²) in [5.74, 6) is 0.718. The van der Waals surface area contributed by atoms with Gasteiger partial charge in [0.25, 0.3) is 5.91 Å². The lowest BCUT2D eigenvalue weighted by molar-refractivity contribution is 0.0754. The number of aromatic nitrogens is 4. The molecule has 132 valence electrons. The van der Waals surface area contributed by atoms with Crippen LogP contribution in [0.25, 0.3) is 0 Å². The Morgan fingerprint density at radius 3 is 2.56 bits per heavy atom. The number of carbonyl (C=O) groups is 1. The van der Waals surface area contributed by atoms with Gasteiger partial charge in [0.1, 0.15) is 0 Å². The standard InChI is InChI=1S/C18H24N6O/c1-23-7-5-15-13(10-23)17(22-20-15)18(25)24-8-4-12-14(6-9-24)19-21-16(12)11-2-3-11/h11H,2-10H2,1H3,(H,19,21)(H,20,22). The molecule has 1 amide bonds. The van der Waals surface area contributed by atoms with E-state index in [9.17, 15) is 4.79 Å². The van der Waals surface area contributed by atoms with Crippen molar-refractivity contribution in [3.8, 4) is 0 Å². The van der Waals surface area contributed by atoms with Gasteiger partial charge in [0.05, 0.1) is 5.69 Å². The van der Waals surface area contributed by atoms with Gasteiger partial charge in [-0.2, -0.15) is 10.2 Å². The Morgan fingerprint density at radius 2 is 1.72 bits per heavy atom. The first-order valence-corrected chi connectivity index (χ1v) is 9.30. The Balaban J connectivity index is 1.36. The zero-order valence-corrected chi connectivity index (χ0v) is 14.6. The van der Waals surface area contributed by atoms with Crippen LogP contribution in [0.15, 0.2) is 0 Å². The van der Waals surface area contributed by atoms with Gasteiger partial charge in [0.15, 0.2) is 5.69 Å². The molecule has 1 aliphatic carbocycles. The third kappa shape index (κ3) is 2.57. The summed E-state index contributed by atoms with van der Waals surface area (Å²) in [5.41, 5.74) is 6.67. The summed E-state index contributed by atoms with van der Waals surface area (Å²) in [7, 11) is 2.09. The van der Waals surface area contributed by atoms with Crippen molar-refractivity contribution >= 4 is 5.91 Å². The largest absolute Gasteiger partial charge is 0.337 e. The van der Waals surface area contributed by atoms with Gasteiger partial charge in [0.2, 0.25) is 0 Å². The number of amides is 1. The highest BCUT2D eigenvalue weighted by atomic mass is 16.2. The van der Waals surface area contributed by atoms with Crippen LogP contribution in [0.1, 0.15) is 57.5 Å². The molecule has 0 atom stereocenters. The average molecular weight is 340 g/mol. The molecular formula is C18H24N6O. The molecule has 2 aromatic rings. The van der Waals surface area contributed by atoms with E-state index in [0.29, 0.717) is 11.6 Å². The van der Waals surface area contributed by atoms with Crippen LogP contribution >= 0.6 is 0 Å². The fraction of sp³-hybridized carbons (Fsp3) is 0.611. The van der Waals surface area contributed by atoms with Crippen LogP contribution in [-0.2, 0) is 25.8 Å². The maximum Gasteiger partial charge on any atom is 0.274 e. The number of hydrogen-bond acceptors (Lipinski definition) is 4. The van der Waals surface area contributed by atoms with E-state index in [2.05, 4.69) is 32.3 Å². The summed E-state index contributed by atoms with van der Waals surface area (Å²) < 4.78 is 0. The summed E-state index contributed by atoms with van der Waals surface area (Å²) in [5, 5.41) is 15.2. The number of hydrogen-bond donors (Lipinski definition) is 2. The second-order valence-corrected chi connectivity index (χ2v) is 7.65. The van der Waals surface area contributed by atoms with E-state index in [-0.39, 0.29) is 5.91 Å². The van der Waals surface area contributed by atoms with Crippen molar-refractivity contribution in [1.29, 1.82) is 0 Å². The van der Waals surface area contributed by atoms with Crippen LogP contribution in [0.3, 0.4) is 0 Å². The normalized spacial score (nSPS) is 20.9. The number of likely N-dealkylation sites (N-methyl/N-ethyl adjacent to an activating group) is 1. The molecule has 1 saturated carbocycles. The minimum absolute atomic E-state index is 0.0684. The van der Waals surface area contributed by atoms with Gasteiger partial charge in [-0.15, -0.1) is 0 Å². The molecule has 0 unspecified atom stereocenters. The number of carbonyl (C=O) groups excluding carboxylic acids is 1. The third-order valence-corrected chi connectivity index (χ3v) is 5.83. The van der Waals surface area contributed by atoms with Crippen molar-refractivity contribution in [2.45, 2.75) is 44.6 Å². The molecule has 0 aromatic carbocycles. The van der Waals surface area contributed by atoms with Crippen molar-refractivity contribution in [2.24, 2.45) is 0 Å². The van der Waals surface area contributed by atoms with Crippen LogP contribution in [-0.4, -0.2) is 62.8 Å². The van der Waals surface area contributed by atoms with Crippen molar-refractivity contribution in [3.63, 3.8) is 0 Å². The minimum Gasteiger partial charge on any atom is -0.337 e. The van der Waals surface area contributed by atoms with Crippen molar-refractivity contribution in [2.75, 3.05) is 26.7 Å². The lowest BCUT2D eigenvalue weighted by Crippen LogP contribution is -2.35. The van der Waals surface area contributed by atoms with Crippen LogP contribution in [0, 0.1) is 0 Å². The Hall–Kier alpha value is -2.15. The second kappa shape index (κ2) is 5.69. The predicted octanol–water partition coefficient (Wildman–Crippen LogP) is 1.24. The SMILES string of the molecule is CN1CCc2[nH]nc(C(=O)N3CCc4[nH]nc(C5CC5)c4CC3)c2C1. The highest BCUT2D eigenvalue weighted by molar-refractivity contribution is 5.94. The highest BCUT2D eigenvalue weighted by Crippen LogP contribution is 2.41. The molecule has 2 aliphatic heterocycles. The first kappa shape index (κ1) is 15.1. The molecule has 2 N–H and O–H groups in total. The van der Waals surface area contributed by atoms with E-state index in [0.717, 1.165) is 56.7 Å². The van der Waals surface area contributed by atoms with Crippen LogP contribution in [0.4, 0.5) is 0 Å². The van der Waals surface area contributed by atoms with Gasteiger partial charge in [0, 0.05) is 61.9 Å². The van der Waals surface area contributed by atoms with Gasteiger partial charge in [-0.05, 0) is 31.9 Å². The maximum atomic E-state index is 13.1. The van der Waals surface area contributed by atoms with Gasteiger partial charge in [-0.3, -0.25) is 15.0 Å². The van der Waals surface area contributed by atoms with E-state index in [4.69, 9.17) is 0 Å². The lowest BCUT2D eigenvalue weighted by Gasteiger charge is -2.24. The summed E-state index contributed by atoms with van der Waals surface area (Å²) in [4.78, 5) is 17.3. The molecule has 0 saturated heterocycles. The van der Waals surface area contributed by atoms with Gasteiger partial charge >= 0.3 is 0 Å². The van der Waals surface area contributed by atoms with E-state index in [1.807, 2.05) is 4.90 Å². The maximum absolute atomic E-state index is 13.1. The molecule has 3 aliphatic rings. The molecule has 0 spiro atoms. The minimum atomic E-state index is 0.0684. The van der Waals surface area contributed by atoms with E-state index >= 15 is 0 Å². The quantitative estimate of drug-likeness (QED) is 0.862. The van der Waals surface area contributed by atoms with Crippen LogP contribution in [0.5, 0.6) is 0 Å². The summed E-state index contributed by atoms with van der Waals surface area (Å²) in [6.07, 6.45) is 5.20. The topological polar surface area (TPSA) is 80.9 Å². The Bertz CT molecular complexity index is 818. The van der Waals surface area contributed by atoms with E-state index < -0.39 is 0 Å². The molecular weight excluding hydrogens is 316 g/mol. The Labute approximate surface area is 146 Å². The van der Waals surface area contributed by atoms with E-state index in [1.54, 1.807) is 0 Å². The molecule has 7 heteroatoms. The zero-order chi connectivity index (χ0) is 17.0. The molecule has 25 heavy (non-hydrogen) atoms. The molecule has 0 bridgehead atoms. The first-order valence-electron chi connectivity index (χ1n) is 9.30. The molecule has 0 radical (unpaired) electrons. The lowest BCUT2D eigenvalue weighted by atomic mass is 10.1. The fourth-order valence-electron chi connectivity index (χ4n) is 4.16.